The molecule has 3 fully saturated rings. The number of carbonyl (C=O) groups excluding carboxylic acids is 1. The second-order valence-electron chi connectivity index (χ2n) is 8.74. The minimum Gasteiger partial charge on any atom is -0.445 e. The lowest BCUT2D eigenvalue weighted by atomic mass is 9.85. The van der Waals surface area contributed by atoms with Gasteiger partial charge in [0, 0.05) is 12.6 Å². The maximum absolute atomic E-state index is 13.7. The SMILES string of the molecule is O=C(NC1CCCc2ccc(-c3cc(F)cc(F)c3)cc21)O[C@H]1CN2CCC1CC2. The second-order valence-corrected chi connectivity index (χ2v) is 8.74. The molecule has 0 spiro atoms. The van der Waals surface area contributed by atoms with Gasteiger partial charge in [-0.25, -0.2) is 13.6 Å². The van der Waals surface area contributed by atoms with E-state index in [1.807, 2.05) is 18.2 Å². The van der Waals surface area contributed by atoms with Gasteiger partial charge in [-0.15, -0.1) is 0 Å². The molecule has 2 atom stereocenters. The third-order valence-electron chi connectivity index (χ3n) is 6.80. The van der Waals surface area contributed by atoms with Crippen molar-refractivity contribution in [2.45, 2.75) is 44.2 Å². The molecule has 0 saturated carbocycles. The van der Waals surface area contributed by atoms with E-state index in [0.717, 1.165) is 74.5 Å². The fourth-order valence-electron chi connectivity index (χ4n) is 5.21. The molecule has 2 aromatic rings. The van der Waals surface area contributed by atoms with E-state index in [1.54, 1.807) is 0 Å². The second kappa shape index (κ2) is 7.99. The molecule has 1 unspecified atom stereocenters. The summed E-state index contributed by atoms with van der Waals surface area (Å²) in [6.45, 7) is 3.03. The molecule has 3 heterocycles. The average molecular weight is 412 g/mol. The summed E-state index contributed by atoms with van der Waals surface area (Å²) in [4.78, 5) is 15.0. The summed E-state index contributed by atoms with van der Waals surface area (Å²) in [6.07, 6.45) is 4.52. The molecule has 2 bridgehead atoms. The number of alkyl carbamates (subject to hydrolysis) is 1. The first-order valence-corrected chi connectivity index (χ1v) is 10.8. The van der Waals surface area contributed by atoms with Crippen LogP contribution < -0.4 is 5.32 Å². The molecule has 1 aliphatic carbocycles. The van der Waals surface area contributed by atoms with Gasteiger partial charge in [0.1, 0.15) is 17.7 Å². The number of rotatable bonds is 3. The first-order valence-electron chi connectivity index (χ1n) is 10.8. The predicted octanol–water partition coefficient (Wildman–Crippen LogP) is 4.83. The van der Waals surface area contributed by atoms with Gasteiger partial charge in [-0.3, -0.25) is 4.90 Å². The molecular weight excluding hydrogens is 386 g/mol. The Bertz CT molecular complexity index is 936. The Morgan fingerprint density at radius 1 is 1.00 bits per heavy atom. The van der Waals surface area contributed by atoms with E-state index in [2.05, 4.69) is 10.2 Å². The Hall–Kier alpha value is -2.47. The van der Waals surface area contributed by atoms with Crippen LogP contribution in [0.4, 0.5) is 13.6 Å². The predicted molar refractivity (Wildman–Crippen MR) is 110 cm³/mol. The number of nitrogens with zero attached hydrogens (tertiary/aromatic N) is 1. The average Bonchev–Trinajstić information content (AvgIpc) is 2.74. The number of carbonyl (C=O) groups is 1. The number of fused-ring (bicyclic) bond motifs is 4. The highest BCUT2D eigenvalue weighted by atomic mass is 19.1. The summed E-state index contributed by atoms with van der Waals surface area (Å²) in [6, 6.07) is 9.22. The zero-order chi connectivity index (χ0) is 20.7. The van der Waals surface area contributed by atoms with Crippen molar-refractivity contribution in [3.8, 4) is 11.1 Å². The number of hydrogen-bond acceptors (Lipinski definition) is 3. The molecule has 158 valence electrons. The van der Waals surface area contributed by atoms with Crippen molar-refractivity contribution >= 4 is 6.09 Å². The number of halogens is 2. The molecule has 0 radical (unpaired) electrons. The first-order chi connectivity index (χ1) is 14.5. The smallest absolute Gasteiger partial charge is 0.407 e. The Balaban J connectivity index is 1.33. The first kappa shape index (κ1) is 19.5. The van der Waals surface area contributed by atoms with Crippen LogP contribution in [-0.4, -0.2) is 36.7 Å². The van der Waals surface area contributed by atoms with Crippen LogP contribution in [0.15, 0.2) is 36.4 Å². The van der Waals surface area contributed by atoms with Gasteiger partial charge in [-0.1, -0.05) is 12.1 Å². The third-order valence-corrected chi connectivity index (χ3v) is 6.80. The zero-order valence-corrected chi connectivity index (χ0v) is 16.9. The Labute approximate surface area is 175 Å². The fourth-order valence-corrected chi connectivity index (χ4v) is 5.21. The molecule has 2 aromatic carbocycles. The van der Waals surface area contributed by atoms with Crippen molar-refractivity contribution in [1.29, 1.82) is 0 Å². The quantitative estimate of drug-likeness (QED) is 0.785. The molecule has 6 rings (SSSR count). The summed E-state index contributed by atoms with van der Waals surface area (Å²) in [5, 5.41) is 3.06. The lowest BCUT2D eigenvalue weighted by Gasteiger charge is -2.44. The van der Waals surface area contributed by atoms with Crippen molar-refractivity contribution in [1.82, 2.24) is 10.2 Å². The van der Waals surface area contributed by atoms with E-state index < -0.39 is 11.6 Å². The molecule has 6 heteroatoms. The standard InChI is InChI=1S/C24H26F2N2O2/c25-19-10-18(11-20(26)13-19)17-5-4-15-2-1-3-22(21(15)12-17)27-24(29)30-23-14-28-8-6-16(23)7-9-28/h4-5,10-13,16,22-23H,1-3,6-9,14H2,(H,27,29)/t22?,23-/m0/s1. The summed E-state index contributed by atoms with van der Waals surface area (Å²) < 4.78 is 33.1. The molecule has 1 amide bonds. The molecule has 4 nitrogen and oxygen atoms in total. The van der Waals surface area contributed by atoms with Crippen LogP contribution in [0.1, 0.15) is 42.9 Å². The third kappa shape index (κ3) is 3.93. The van der Waals surface area contributed by atoms with Crippen molar-refractivity contribution in [3.05, 3.63) is 59.2 Å². The van der Waals surface area contributed by atoms with Crippen LogP contribution in [0.3, 0.4) is 0 Å². The highest BCUT2D eigenvalue weighted by molar-refractivity contribution is 5.70. The van der Waals surface area contributed by atoms with Crippen LogP contribution in [0.5, 0.6) is 0 Å². The summed E-state index contributed by atoms with van der Waals surface area (Å²) in [5.74, 6) is -0.731. The number of amides is 1. The van der Waals surface area contributed by atoms with Gasteiger partial charge in [-0.05, 0) is 91.6 Å². The van der Waals surface area contributed by atoms with Crippen molar-refractivity contribution in [2.75, 3.05) is 19.6 Å². The largest absolute Gasteiger partial charge is 0.445 e. The number of ether oxygens (including phenoxy) is 1. The summed E-state index contributed by atoms with van der Waals surface area (Å²) >= 11 is 0. The Morgan fingerprint density at radius 2 is 1.77 bits per heavy atom. The fraction of sp³-hybridized carbons (Fsp3) is 0.458. The van der Waals surface area contributed by atoms with E-state index in [4.69, 9.17) is 4.74 Å². The maximum Gasteiger partial charge on any atom is 0.407 e. The van der Waals surface area contributed by atoms with Crippen molar-refractivity contribution in [2.24, 2.45) is 5.92 Å². The Morgan fingerprint density at radius 3 is 2.47 bits per heavy atom. The van der Waals surface area contributed by atoms with E-state index in [1.165, 1.54) is 12.1 Å². The lowest BCUT2D eigenvalue weighted by molar-refractivity contribution is -0.0340. The van der Waals surface area contributed by atoms with Crippen LogP contribution >= 0.6 is 0 Å². The van der Waals surface area contributed by atoms with Crippen LogP contribution in [0.2, 0.25) is 0 Å². The van der Waals surface area contributed by atoms with Gasteiger partial charge in [-0.2, -0.15) is 0 Å². The van der Waals surface area contributed by atoms with Gasteiger partial charge in [0.15, 0.2) is 0 Å². The molecule has 1 N–H and O–H groups in total. The normalized spacial score (nSPS) is 27.4. The highest BCUT2D eigenvalue weighted by Gasteiger charge is 2.37. The van der Waals surface area contributed by atoms with Crippen molar-refractivity contribution in [3.63, 3.8) is 0 Å². The Kier molecular flexibility index (Phi) is 5.19. The molecule has 0 aromatic heterocycles. The van der Waals surface area contributed by atoms with E-state index in [-0.39, 0.29) is 18.2 Å². The van der Waals surface area contributed by atoms with E-state index in [0.29, 0.717) is 11.5 Å². The van der Waals surface area contributed by atoms with Crippen LogP contribution in [-0.2, 0) is 11.2 Å². The van der Waals surface area contributed by atoms with Gasteiger partial charge in [0.2, 0.25) is 0 Å². The van der Waals surface area contributed by atoms with Gasteiger partial charge in [0.25, 0.3) is 0 Å². The zero-order valence-electron chi connectivity index (χ0n) is 16.9. The number of piperidine rings is 3. The van der Waals surface area contributed by atoms with E-state index >= 15 is 0 Å². The van der Waals surface area contributed by atoms with Crippen molar-refractivity contribution < 1.29 is 18.3 Å². The monoisotopic (exact) mass is 412 g/mol. The van der Waals surface area contributed by atoms with Gasteiger partial charge >= 0.3 is 6.09 Å². The van der Waals surface area contributed by atoms with Crippen LogP contribution in [0.25, 0.3) is 11.1 Å². The molecule has 3 aliphatic heterocycles. The topological polar surface area (TPSA) is 41.6 Å². The minimum absolute atomic E-state index is 0.0304. The number of nitrogens with one attached hydrogen (secondary N) is 1. The number of hydrogen-bond donors (Lipinski definition) is 1. The molecule has 4 aliphatic rings. The maximum atomic E-state index is 13.7. The highest BCUT2D eigenvalue weighted by Crippen LogP contribution is 2.34. The van der Waals surface area contributed by atoms with Gasteiger partial charge in [0.05, 0.1) is 6.04 Å². The summed E-state index contributed by atoms with van der Waals surface area (Å²) in [5.41, 5.74) is 3.41. The molecule has 30 heavy (non-hydrogen) atoms. The molecular formula is C24H26F2N2O2. The number of benzene rings is 2. The number of aryl methyl sites for hydroxylation is 1. The molecule has 3 saturated heterocycles. The lowest BCUT2D eigenvalue weighted by Crippen LogP contribution is -2.52. The van der Waals surface area contributed by atoms with Gasteiger partial charge < -0.3 is 10.1 Å². The van der Waals surface area contributed by atoms with Crippen LogP contribution in [0, 0.1) is 17.6 Å². The minimum atomic E-state index is -0.599. The summed E-state index contributed by atoms with van der Waals surface area (Å²) in [7, 11) is 0. The van der Waals surface area contributed by atoms with E-state index in [9.17, 15) is 13.6 Å².